The van der Waals surface area contributed by atoms with Crippen LogP contribution in [0, 0.1) is 11.6 Å². The Balaban J connectivity index is 1.87. The molecule has 130 valence electrons. The SMILES string of the molecule is O=S(=O)(NCC1(c2cccs2)CCCCC1)c1c(F)cccc1F. The molecule has 0 aliphatic heterocycles. The molecule has 1 N–H and O–H groups in total. The van der Waals surface area contributed by atoms with Crippen molar-refractivity contribution in [3.05, 3.63) is 52.2 Å². The molecule has 7 heteroatoms. The third kappa shape index (κ3) is 3.38. The number of hydrogen-bond acceptors (Lipinski definition) is 3. The minimum Gasteiger partial charge on any atom is -0.210 e. The first kappa shape index (κ1) is 17.5. The van der Waals surface area contributed by atoms with E-state index in [9.17, 15) is 17.2 Å². The van der Waals surface area contributed by atoms with Crippen LogP contribution in [0.25, 0.3) is 0 Å². The van der Waals surface area contributed by atoms with Gasteiger partial charge in [-0.25, -0.2) is 21.9 Å². The van der Waals surface area contributed by atoms with Crippen LogP contribution in [0.4, 0.5) is 8.78 Å². The first-order chi connectivity index (χ1) is 11.4. The Hall–Kier alpha value is -1.31. The number of thiophene rings is 1. The van der Waals surface area contributed by atoms with Crippen molar-refractivity contribution in [1.29, 1.82) is 0 Å². The van der Waals surface area contributed by atoms with Crippen LogP contribution in [0.1, 0.15) is 37.0 Å². The first-order valence-corrected chi connectivity index (χ1v) is 10.3. The number of halogens is 2. The third-order valence-electron chi connectivity index (χ3n) is 4.64. The second-order valence-corrected chi connectivity index (χ2v) is 8.85. The molecular formula is C17H19F2NO2S2. The molecule has 0 amide bonds. The smallest absolute Gasteiger partial charge is 0.210 e. The average molecular weight is 371 g/mol. The lowest BCUT2D eigenvalue weighted by atomic mass is 9.73. The van der Waals surface area contributed by atoms with Crippen molar-refractivity contribution in [2.45, 2.75) is 42.4 Å². The molecule has 1 heterocycles. The van der Waals surface area contributed by atoms with E-state index in [4.69, 9.17) is 0 Å². The summed E-state index contributed by atoms with van der Waals surface area (Å²) in [7, 11) is -4.25. The predicted molar refractivity (Wildman–Crippen MR) is 90.6 cm³/mol. The fourth-order valence-corrected chi connectivity index (χ4v) is 5.61. The van der Waals surface area contributed by atoms with Gasteiger partial charge in [0.2, 0.25) is 10.0 Å². The van der Waals surface area contributed by atoms with Gasteiger partial charge in [0, 0.05) is 16.8 Å². The zero-order valence-corrected chi connectivity index (χ0v) is 14.7. The van der Waals surface area contributed by atoms with E-state index in [-0.39, 0.29) is 12.0 Å². The summed E-state index contributed by atoms with van der Waals surface area (Å²) in [6.45, 7) is 0.156. The summed E-state index contributed by atoms with van der Waals surface area (Å²) >= 11 is 1.60. The maximum absolute atomic E-state index is 13.8. The fraction of sp³-hybridized carbons (Fsp3) is 0.412. The Kier molecular flexibility index (Phi) is 5.03. The molecule has 1 fully saturated rings. The summed E-state index contributed by atoms with van der Waals surface area (Å²) in [4.78, 5) is 0.223. The summed E-state index contributed by atoms with van der Waals surface area (Å²) in [5.41, 5.74) is -0.290. The van der Waals surface area contributed by atoms with Gasteiger partial charge in [-0.15, -0.1) is 11.3 Å². The fourth-order valence-electron chi connectivity index (χ4n) is 3.36. The molecular weight excluding hydrogens is 352 g/mol. The number of benzene rings is 1. The Morgan fingerprint density at radius 3 is 2.29 bits per heavy atom. The van der Waals surface area contributed by atoms with E-state index in [1.807, 2.05) is 17.5 Å². The molecule has 0 spiro atoms. The Morgan fingerprint density at radius 1 is 1.04 bits per heavy atom. The standard InChI is InChI=1S/C17H19F2NO2S2/c18-13-6-4-7-14(19)16(13)24(21,22)20-12-17(9-2-1-3-10-17)15-8-5-11-23-15/h4-8,11,20H,1-3,9-10,12H2. The quantitative estimate of drug-likeness (QED) is 0.856. The zero-order valence-electron chi connectivity index (χ0n) is 13.1. The summed E-state index contributed by atoms with van der Waals surface area (Å²) in [5.74, 6) is -2.15. The van der Waals surface area contributed by atoms with Crippen molar-refractivity contribution < 1.29 is 17.2 Å². The molecule has 2 aromatic rings. The lowest BCUT2D eigenvalue weighted by Crippen LogP contribution is -2.42. The van der Waals surface area contributed by atoms with E-state index in [2.05, 4.69) is 4.72 Å². The molecule has 1 aromatic carbocycles. The summed E-state index contributed by atoms with van der Waals surface area (Å²) in [6.07, 6.45) is 4.91. The largest absolute Gasteiger partial charge is 0.246 e. The van der Waals surface area contributed by atoms with Gasteiger partial charge >= 0.3 is 0 Å². The van der Waals surface area contributed by atoms with Crippen molar-refractivity contribution in [3.8, 4) is 0 Å². The minimum atomic E-state index is -4.25. The minimum absolute atomic E-state index is 0.156. The van der Waals surface area contributed by atoms with E-state index in [1.165, 1.54) is 0 Å². The van der Waals surface area contributed by atoms with E-state index in [0.29, 0.717) is 0 Å². The molecule has 0 atom stereocenters. The molecule has 0 radical (unpaired) electrons. The normalized spacial score (nSPS) is 17.8. The van der Waals surface area contributed by atoms with Gasteiger partial charge < -0.3 is 0 Å². The number of sulfonamides is 1. The average Bonchev–Trinajstić information content (AvgIpc) is 3.09. The maximum atomic E-state index is 13.8. The number of nitrogens with one attached hydrogen (secondary N) is 1. The van der Waals surface area contributed by atoms with Gasteiger partial charge in [0.25, 0.3) is 0 Å². The van der Waals surface area contributed by atoms with Gasteiger partial charge in [0.1, 0.15) is 11.6 Å². The van der Waals surface area contributed by atoms with Crippen molar-refractivity contribution in [1.82, 2.24) is 4.72 Å². The summed E-state index contributed by atoms with van der Waals surface area (Å²) in [5, 5.41) is 1.97. The van der Waals surface area contributed by atoms with Crippen LogP contribution in [0.5, 0.6) is 0 Å². The monoisotopic (exact) mass is 371 g/mol. The van der Waals surface area contributed by atoms with Crippen LogP contribution in [0.15, 0.2) is 40.6 Å². The van der Waals surface area contributed by atoms with E-state index in [1.54, 1.807) is 11.3 Å². The highest BCUT2D eigenvalue weighted by Crippen LogP contribution is 2.41. The van der Waals surface area contributed by atoms with Crippen LogP contribution >= 0.6 is 11.3 Å². The van der Waals surface area contributed by atoms with Gasteiger partial charge in [-0.3, -0.25) is 0 Å². The van der Waals surface area contributed by atoms with Crippen LogP contribution in [0.3, 0.4) is 0 Å². The van der Waals surface area contributed by atoms with E-state index >= 15 is 0 Å². The molecule has 0 saturated heterocycles. The topological polar surface area (TPSA) is 46.2 Å². The van der Waals surface area contributed by atoms with Gasteiger partial charge in [0.15, 0.2) is 4.90 Å². The summed E-state index contributed by atoms with van der Waals surface area (Å²) in [6, 6.07) is 7.01. The van der Waals surface area contributed by atoms with Crippen molar-refractivity contribution in [2.24, 2.45) is 0 Å². The van der Waals surface area contributed by atoms with Gasteiger partial charge in [-0.1, -0.05) is 31.4 Å². The molecule has 0 bridgehead atoms. The predicted octanol–water partition coefficient (Wildman–Crippen LogP) is 4.21. The van der Waals surface area contributed by atoms with Crippen molar-refractivity contribution in [3.63, 3.8) is 0 Å². The van der Waals surface area contributed by atoms with E-state index in [0.717, 1.165) is 55.2 Å². The Bertz CT molecular complexity index is 778. The Morgan fingerprint density at radius 2 is 1.71 bits per heavy atom. The first-order valence-electron chi connectivity index (χ1n) is 7.92. The molecule has 3 nitrogen and oxygen atoms in total. The zero-order chi connectivity index (χ0) is 17.2. The second kappa shape index (κ2) is 6.90. The molecule has 0 unspecified atom stereocenters. The van der Waals surface area contributed by atoms with Crippen LogP contribution < -0.4 is 4.72 Å². The second-order valence-electron chi connectivity index (χ2n) is 6.19. The highest BCUT2D eigenvalue weighted by atomic mass is 32.2. The summed E-state index contributed by atoms with van der Waals surface area (Å²) < 4.78 is 55.0. The molecule has 1 aliphatic carbocycles. The molecule has 3 rings (SSSR count). The lowest BCUT2D eigenvalue weighted by Gasteiger charge is -2.36. The van der Waals surface area contributed by atoms with Crippen molar-refractivity contribution in [2.75, 3.05) is 6.54 Å². The van der Waals surface area contributed by atoms with Gasteiger partial charge in [0.05, 0.1) is 0 Å². The van der Waals surface area contributed by atoms with Gasteiger partial charge in [-0.05, 0) is 36.4 Å². The molecule has 1 saturated carbocycles. The lowest BCUT2D eigenvalue weighted by molar-refractivity contribution is 0.297. The highest BCUT2D eigenvalue weighted by Gasteiger charge is 2.36. The number of rotatable bonds is 5. The molecule has 24 heavy (non-hydrogen) atoms. The molecule has 1 aliphatic rings. The van der Waals surface area contributed by atoms with Crippen LogP contribution in [0.2, 0.25) is 0 Å². The number of hydrogen-bond donors (Lipinski definition) is 1. The highest BCUT2D eigenvalue weighted by molar-refractivity contribution is 7.89. The van der Waals surface area contributed by atoms with Crippen molar-refractivity contribution >= 4 is 21.4 Å². The maximum Gasteiger partial charge on any atom is 0.246 e. The Labute approximate surface area is 144 Å². The van der Waals surface area contributed by atoms with Gasteiger partial charge in [-0.2, -0.15) is 0 Å². The van der Waals surface area contributed by atoms with Crippen LogP contribution in [-0.2, 0) is 15.4 Å². The van der Waals surface area contributed by atoms with Crippen LogP contribution in [-0.4, -0.2) is 15.0 Å². The van der Waals surface area contributed by atoms with E-state index < -0.39 is 26.6 Å². The third-order valence-corrected chi connectivity index (χ3v) is 7.21. The molecule has 1 aromatic heterocycles.